The van der Waals surface area contributed by atoms with Crippen LogP contribution in [0.1, 0.15) is 16.8 Å². The van der Waals surface area contributed by atoms with Gasteiger partial charge in [0.15, 0.2) is 0 Å². The van der Waals surface area contributed by atoms with E-state index in [4.69, 9.17) is 10.4 Å². The number of aromatic nitrogens is 2. The Hall–Kier alpha value is -1.71. The van der Waals surface area contributed by atoms with Crippen LogP contribution in [0.25, 0.3) is 0 Å². The molecule has 1 aromatic heterocycles. The normalized spacial score (nSPS) is 10.3. The van der Waals surface area contributed by atoms with Crippen molar-refractivity contribution in [2.24, 2.45) is 0 Å². The molecule has 0 amide bonds. The van der Waals surface area contributed by atoms with E-state index in [1.54, 1.807) is 6.07 Å². The van der Waals surface area contributed by atoms with E-state index >= 15 is 0 Å². The standard InChI is InChI=1S/C12H9BrFN3O/c13-12-4-10(7-18)17(16-12)6-9-3-8(5-15)1-2-11(9)14/h1-4,18H,6-7H2. The van der Waals surface area contributed by atoms with Crippen molar-refractivity contribution in [1.82, 2.24) is 9.78 Å². The lowest BCUT2D eigenvalue weighted by Gasteiger charge is -2.07. The quantitative estimate of drug-likeness (QED) is 0.945. The predicted molar refractivity (Wildman–Crippen MR) is 66.1 cm³/mol. The Bertz CT molecular complexity index is 618. The van der Waals surface area contributed by atoms with Crippen molar-refractivity contribution in [1.29, 1.82) is 5.26 Å². The average molecular weight is 310 g/mol. The second-order valence-corrected chi connectivity index (χ2v) is 4.50. The van der Waals surface area contributed by atoms with Gasteiger partial charge in [-0.25, -0.2) is 4.39 Å². The molecule has 1 N–H and O–H groups in total. The van der Waals surface area contributed by atoms with Crippen LogP contribution in [0.15, 0.2) is 28.9 Å². The maximum Gasteiger partial charge on any atom is 0.128 e. The van der Waals surface area contributed by atoms with Crippen LogP contribution >= 0.6 is 15.9 Å². The molecule has 0 saturated heterocycles. The van der Waals surface area contributed by atoms with Gasteiger partial charge >= 0.3 is 0 Å². The van der Waals surface area contributed by atoms with Crippen molar-refractivity contribution in [2.45, 2.75) is 13.2 Å². The van der Waals surface area contributed by atoms with Crippen LogP contribution in [0.4, 0.5) is 4.39 Å². The topological polar surface area (TPSA) is 61.8 Å². The zero-order chi connectivity index (χ0) is 13.1. The Morgan fingerprint density at radius 2 is 2.22 bits per heavy atom. The van der Waals surface area contributed by atoms with E-state index in [0.29, 0.717) is 21.4 Å². The van der Waals surface area contributed by atoms with Crippen LogP contribution in [0, 0.1) is 17.1 Å². The minimum absolute atomic E-state index is 0.169. The van der Waals surface area contributed by atoms with E-state index in [0.717, 1.165) is 0 Å². The summed E-state index contributed by atoms with van der Waals surface area (Å²) in [6.07, 6.45) is 0. The average Bonchev–Trinajstić information content (AvgIpc) is 2.72. The van der Waals surface area contributed by atoms with Crippen molar-refractivity contribution < 1.29 is 9.50 Å². The molecule has 0 unspecified atom stereocenters. The van der Waals surface area contributed by atoms with Gasteiger partial charge in [-0.15, -0.1) is 0 Å². The van der Waals surface area contributed by atoms with Crippen molar-refractivity contribution in [3.8, 4) is 6.07 Å². The van der Waals surface area contributed by atoms with Gasteiger partial charge in [-0.2, -0.15) is 10.4 Å². The molecular formula is C12H9BrFN3O. The zero-order valence-electron chi connectivity index (χ0n) is 9.27. The van der Waals surface area contributed by atoms with Gasteiger partial charge < -0.3 is 5.11 Å². The molecule has 0 bridgehead atoms. The van der Waals surface area contributed by atoms with Crippen LogP contribution in [-0.2, 0) is 13.2 Å². The highest BCUT2D eigenvalue weighted by Gasteiger charge is 2.09. The fourth-order valence-electron chi connectivity index (χ4n) is 1.61. The number of nitrogens with zero attached hydrogens (tertiary/aromatic N) is 3. The lowest BCUT2D eigenvalue weighted by atomic mass is 10.1. The van der Waals surface area contributed by atoms with Crippen molar-refractivity contribution in [2.75, 3.05) is 0 Å². The van der Waals surface area contributed by atoms with E-state index in [1.807, 2.05) is 6.07 Å². The number of benzene rings is 1. The van der Waals surface area contributed by atoms with E-state index < -0.39 is 5.82 Å². The highest BCUT2D eigenvalue weighted by Crippen LogP contribution is 2.16. The third-order valence-electron chi connectivity index (χ3n) is 2.49. The molecule has 0 fully saturated rings. The first-order valence-corrected chi connectivity index (χ1v) is 5.95. The summed E-state index contributed by atoms with van der Waals surface area (Å²) >= 11 is 3.19. The molecule has 4 nitrogen and oxygen atoms in total. The maximum absolute atomic E-state index is 13.6. The Morgan fingerprint density at radius 1 is 1.44 bits per heavy atom. The molecule has 18 heavy (non-hydrogen) atoms. The van der Waals surface area contributed by atoms with Crippen LogP contribution in [0.5, 0.6) is 0 Å². The SMILES string of the molecule is N#Cc1ccc(F)c(Cn2nc(Br)cc2CO)c1. The zero-order valence-corrected chi connectivity index (χ0v) is 10.9. The maximum atomic E-state index is 13.6. The minimum atomic E-state index is -0.399. The third-order valence-corrected chi connectivity index (χ3v) is 2.88. The molecule has 1 aromatic carbocycles. The van der Waals surface area contributed by atoms with Gasteiger partial charge in [-0.05, 0) is 40.2 Å². The predicted octanol–water partition coefficient (Wildman–Crippen LogP) is 2.20. The van der Waals surface area contributed by atoms with Crippen molar-refractivity contribution in [3.05, 3.63) is 51.5 Å². The molecular weight excluding hydrogens is 301 g/mol. The second-order valence-electron chi connectivity index (χ2n) is 3.69. The number of aliphatic hydroxyl groups excluding tert-OH is 1. The fourth-order valence-corrected chi connectivity index (χ4v) is 2.07. The van der Waals surface area contributed by atoms with Crippen LogP contribution in [0.3, 0.4) is 0 Å². The van der Waals surface area contributed by atoms with Crippen LogP contribution in [-0.4, -0.2) is 14.9 Å². The van der Waals surface area contributed by atoms with Gasteiger partial charge in [0.05, 0.1) is 30.5 Å². The Labute approximate surface area is 111 Å². The highest BCUT2D eigenvalue weighted by molar-refractivity contribution is 9.10. The van der Waals surface area contributed by atoms with Gasteiger partial charge in [0, 0.05) is 5.56 Å². The number of aliphatic hydroxyl groups is 1. The molecule has 0 atom stereocenters. The summed E-state index contributed by atoms with van der Waals surface area (Å²) in [5.74, 6) is -0.399. The molecule has 0 aliphatic rings. The second kappa shape index (κ2) is 5.29. The molecule has 6 heteroatoms. The molecule has 1 heterocycles. The molecule has 2 rings (SSSR count). The summed E-state index contributed by atoms with van der Waals surface area (Å²) in [6, 6.07) is 7.77. The first kappa shape index (κ1) is 12.7. The molecule has 0 aliphatic carbocycles. The third kappa shape index (κ3) is 2.58. The van der Waals surface area contributed by atoms with Gasteiger partial charge in [0.1, 0.15) is 10.4 Å². The van der Waals surface area contributed by atoms with Gasteiger partial charge in [-0.1, -0.05) is 0 Å². The molecule has 2 aromatic rings. The first-order chi connectivity index (χ1) is 8.63. The van der Waals surface area contributed by atoms with E-state index in [-0.39, 0.29) is 13.2 Å². The number of hydrogen-bond donors (Lipinski definition) is 1. The molecule has 0 saturated carbocycles. The first-order valence-electron chi connectivity index (χ1n) is 5.15. The number of hydrogen-bond acceptors (Lipinski definition) is 3. The summed E-state index contributed by atoms with van der Waals surface area (Å²) in [4.78, 5) is 0. The summed E-state index contributed by atoms with van der Waals surface area (Å²) in [6.45, 7) is -0.0129. The lowest BCUT2D eigenvalue weighted by Crippen LogP contribution is -2.08. The number of nitriles is 1. The Balaban J connectivity index is 2.36. The number of rotatable bonds is 3. The van der Waals surface area contributed by atoms with Gasteiger partial charge in [-0.3, -0.25) is 4.68 Å². The Kier molecular flexibility index (Phi) is 3.75. The van der Waals surface area contributed by atoms with Crippen molar-refractivity contribution in [3.63, 3.8) is 0 Å². The van der Waals surface area contributed by atoms with Gasteiger partial charge in [0.2, 0.25) is 0 Å². The summed E-state index contributed by atoms with van der Waals surface area (Å²) < 4.78 is 15.7. The van der Waals surface area contributed by atoms with E-state index in [1.165, 1.54) is 22.9 Å². The minimum Gasteiger partial charge on any atom is -0.390 e. The smallest absolute Gasteiger partial charge is 0.128 e. The Morgan fingerprint density at radius 3 is 2.89 bits per heavy atom. The fraction of sp³-hybridized carbons (Fsp3) is 0.167. The molecule has 0 aliphatic heterocycles. The number of halogens is 2. The molecule has 0 radical (unpaired) electrons. The molecule has 0 spiro atoms. The largest absolute Gasteiger partial charge is 0.390 e. The summed E-state index contributed by atoms with van der Waals surface area (Å²) in [5.41, 5.74) is 1.33. The summed E-state index contributed by atoms with van der Waals surface area (Å²) in [7, 11) is 0. The van der Waals surface area contributed by atoms with Crippen molar-refractivity contribution >= 4 is 15.9 Å². The van der Waals surface area contributed by atoms with E-state index in [2.05, 4.69) is 21.0 Å². The highest BCUT2D eigenvalue weighted by atomic mass is 79.9. The summed E-state index contributed by atoms with van der Waals surface area (Å²) in [5, 5.41) is 22.0. The van der Waals surface area contributed by atoms with Crippen LogP contribution in [0.2, 0.25) is 0 Å². The van der Waals surface area contributed by atoms with E-state index in [9.17, 15) is 4.39 Å². The lowest BCUT2D eigenvalue weighted by molar-refractivity contribution is 0.269. The monoisotopic (exact) mass is 309 g/mol. The van der Waals surface area contributed by atoms with Gasteiger partial charge in [0.25, 0.3) is 0 Å². The molecule has 92 valence electrons. The van der Waals surface area contributed by atoms with Crippen LogP contribution < -0.4 is 0 Å².